The molecule has 19 heavy (non-hydrogen) atoms. The fraction of sp³-hybridized carbons (Fsp3) is 0.182. The average Bonchev–Trinajstić information content (AvgIpc) is 2.82. The maximum Gasteiger partial charge on any atom is 0.276 e. The highest BCUT2D eigenvalue weighted by atomic mass is 35.5. The van der Waals surface area contributed by atoms with Gasteiger partial charge < -0.3 is 4.42 Å². The second kappa shape index (κ2) is 7.06. The standard InChI is InChI=1S/C11H7Cl2N3OS2/c12-8-3-7(4-9(13)5-8)10-15-16-11(17-10)19-2-1-18-6-14/h3-5H,1-2H2. The first-order valence-electron chi connectivity index (χ1n) is 5.12. The van der Waals surface area contributed by atoms with Crippen LogP contribution in [0.4, 0.5) is 0 Å². The summed E-state index contributed by atoms with van der Waals surface area (Å²) in [5.41, 5.74) is 0.684. The van der Waals surface area contributed by atoms with Gasteiger partial charge in [-0.15, -0.1) is 10.2 Å². The zero-order valence-electron chi connectivity index (χ0n) is 9.47. The summed E-state index contributed by atoms with van der Waals surface area (Å²) in [4.78, 5) is 0. The van der Waals surface area contributed by atoms with Gasteiger partial charge in [0.15, 0.2) is 0 Å². The van der Waals surface area contributed by atoms with Crippen molar-refractivity contribution in [1.82, 2.24) is 10.2 Å². The van der Waals surface area contributed by atoms with Crippen LogP contribution in [-0.4, -0.2) is 21.7 Å². The zero-order valence-corrected chi connectivity index (χ0v) is 12.6. The van der Waals surface area contributed by atoms with Crippen molar-refractivity contribution in [2.45, 2.75) is 5.22 Å². The van der Waals surface area contributed by atoms with Crippen LogP contribution in [0.3, 0.4) is 0 Å². The third-order valence-corrected chi connectivity index (χ3v) is 4.04. The Hall–Kier alpha value is -0.870. The van der Waals surface area contributed by atoms with E-state index in [9.17, 15) is 0 Å². The first-order chi connectivity index (χ1) is 9.19. The molecule has 0 atom stereocenters. The van der Waals surface area contributed by atoms with Gasteiger partial charge in [0.1, 0.15) is 5.40 Å². The first-order valence-corrected chi connectivity index (χ1v) is 7.85. The van der Waals surface area contributed by atoms with E-state index in [2.05, 4.69) is 10.2 Å². The fourth-order valence-corrected chi connectivity index (χ4v) is 2.97. The van der Waals surface area contributed by atoms with Crippen molar-refractivity contribution in [2.75, 3.05) is 11.5 Å². The van der Waals surface area contributed by atoms with Crippen LogP contribution < -0.4 is 0 Å². The van der Waals surface area contributed by atoms with Crippen LogP contribution in [0.1, 0.15) is 0 Å². The van der Waals surface area contributed by atoms with Gasteiger partial charge in [-0.1, -0.05) is 35.0 Å². The summed E-state index contributed by atoms with van der Waals surface area (Å²) in [6.45, 7) is 0. The number of thiocyanates is 1. The number of halogens is 2. The Labute approximate surface area is 128 Å². The second-order valence-electron chi connectivity index (χ2n) is 3.32. The molecule has 0 bridgehead atoms. The molecule has 0 saturated carbocycles. The number of thioether (sulfide) groups is 2. The molecule has 0 unspecified atom stereocenters. The molecule has 8 heteroatoms. The molecule has 0 radical (unpaired) electrons. The van der Waals surface area contributed by atoms with Gasteiger partial charge in [0.05, 0.1) is 0 Å². The van der Waals surface area contributed by atoms with Gasteiger partial charge in [-0.3, -0.25) is 0 Å². The molecule has 0 amide bonds. The molecule has 0 aliphatic heterocycles. The molecule has 0 N–H and O–H groups in total. The number of benzene rings is 1. The van der Waals surface area contributed by atoms with E-state index in [0.717, 1.165) is 5.75 Å². The molecule has 98 valence electrons. The minimum Gasteiger partial charge on any atom is -0.411 e. The van der Waals surface area contributed by atoms with Crippen molar-refractivity contribution < 1.29 is 4.42 Å². The number of aromatic nitrogens is 2. The summed E-state index contributed by atoms with van der Waals surface area (Å²) < 4.78 is 5.49. The van der Waals surface area contributed by atoms with Crippen molar-refractivity contribution in [3.8, 4) is 16.9 Å². The largest absolute Gasteiger partial charge is 0.411 e. The topological polar surface area (TPSA) is 62.7 Å². The molecule has 0 spiro atoms. The van der Waals surface area contributed by atoms with Crippen molar-refractivity contribution in [1.29, 1.82) is 5.26 Å². The molecule has 2 rings (SSSR count). The van der Waals surface area contributed by atoms with E-state index in [0.29, 0.717) is 32.5 Å². The smallest absolute Gasteiger partial charge is 0.276 e. The predicted octanol–water partition coefficient (Wildman–Crippen LogP) is 4.35. The SMILES string of the molecule is N#CSCCSc1nnc(-c2cc(Cl)cc(Cl)c2)o1. The number of nitrogens with zero attached hydrogens (tertiary/aromatic N) is 3. The Morgan fingerprint density at radius 2 is 1.89 bits per heavy atom. The minimum absolute atomic E-state index is 0.375. The van der Waals surface area contributed by atoms with Crippen LogP contribution in [0.25, 0.3) is 11.5 Å². The highest BCUT2D eigenvalue weighted by molar-refractivity contribution is 8.05. The lowest BCUT2D eigenvalue weighted by Crippen LogP contribution is -1.81. The Balaban J connectivity index is 2.06. The molecule has 1 aromatic heterocycles. The Morgan fingerprint density at radius 1 is 1.16 bits per heavy atom. The average molecular weight is 332 g/mol. The van der Waals surface area contributed by atoms with Gasteiger partial charge in [0, 0.05) is 27.1 Å². The summed E-state index contributed by atoms with van der Waals surface area (Å²) in [5, 5.41) is 19.7. The molecule has 0 saturated heterocycles. The van der Waals surface area contributed by atoms with Crippen molar-refractivity contribution >= 4 is 46.7 Å². The van der Waals surface area contributed by atoms with Gasteiger partial charge in [-0.05, 0) is 30.0 Å². The Kier molecular flexibility index (Phi) is 5.40. The predicted molar refractivity (Wildman–Crippen MR) is 78.5 cm³/mol. The number of hydrogen-bond acceptors (Lipinski definition) is 6. The summed E-state index contributed by atoms with van der Waals surface area (Å²) in [6, 6.07) is 5.06. The maximum atomic E-state index is 8.40. The van der Waals surface area contributed by atoms with Crippen LogP contribution in [0, 0.1) is 10.7 Å². The molecular formula is C11H7Cl2N3OS2. The van der Waals surface area contributed by atoms with E-state index in [1.807, 2.05) is 5.40 Å². The summed E-state index contributed by atoms with van der Waals surface area (Å²) in [6.07, 6.45) is 0. The number of hydrogen-bond donors (Lipinski definition) is 0. The highest BCUT2D eigenvalue weighted by Crippen LogP contribution is 2.28. The third kappa shape index (κ3) is 4.32. The lowest BCUT2D eigenvalue weighted by atomic mass is 10.2. The molecule has 4 nitrogen and oxygen atoms in total. The molecular weight excluding hydrogens is 325 g/mol. The monoisotopic (exact) mass is 331 g/mol. The van der Waals surface area contributed by atoms with E-state index in [1.54, 1.807) is 18.2 Å². The van der Waals surface area contributed by atoms with E-state index >= 15 is 0 Å². The molecule has 2 aromatic rings. The van der Waals surface area contributed by atoms with Gasteiger partial charge in [0.2, 0.25) is 5.89 Å². The number of nitriles is 1. The van der Waals surface area contributed by atoms with Gasteiger partial charge >= 0.3 is 0 Å². The van der Waals surface area contributed by atoms with E-state index < -0.39 is 0 Å². The van der Waals surface area contributed by atoms with E-state index in [-0.39, 0.29) is 0 Å². The Bertz CT molecular complexity index is 592. The quantitative estimate of drug-likeness (QED) is 0.461. The summed E-state index contributed by atoms with van der Waals surface area (Å²) >= 11 is 14.4. The minimum atomic E-state index is 0.375. The van der Waals surface area contributed by atoms with Gasteiger partial charge in [-0.2, -0.15) is 5.26 Å². The van der Waals surface area contributed by atoms with Crippen molar-refractivity contribution in [3.05, 3.63) is 28.2 Å². The molecule has 0 aliphatic rings. The van der Waals surface area contributed by atoms with Gasteiger partial charge in [0.25, 0.3) is 5.22 Å². The van der Waals surface area contributed by atoms with E-state index in [4.69, 9.17) is 32.9 Å². The molecule has 1 heterocycles. The molecule has 0 aliphatic carbocycles. The van der Waals surface area contributed by atoms with Crippen LogP contribution in [0.15, 0.2) is 27.8 Å². The molecule has 1 aromatic carbocycles. The molecule has 0 fully saturated rings. The number of rotatable bonds is 5. The van der Waals surface area contributed by atoms with E-state index in [1.165, 1.54) is 23.5 Å². The second-order valence-corrected chi connectivity index (χ2v) is 6.12. The normalized spacial score (nSPS) is 10.4. The van der Waals surface area contributed by atoms with Crippen LogP contribution in [0.5, 0.6) is 0 Å². The zero-order chi connectivity index (χ0) is 13.7. The van der Waals surface area contributed by atoms with Crippen molar-refractivity contribution in [3.63, 3.8) is 0 Å². The first kappa shape index (κ1) is 14.5. The fourth-order valence-electron chi connectivity index (χ4n) is 1.28. The van der Waals surface area contributed by atoms with Crippen LogP contribution >= 0.6 is 46.7 Å². The lowest BCUT2D eigenvalue weighted by Gasteiger charge is -1.97. The van der Waals surface area contributed by atoms with Crippen molar-refractivity contribution in [2.24, 2.45) is 0 Å². The Morgan fingerprint density at radius 3 is 2.58 bits per heavy atom. The van der Waals surface area contributed by atoms with Crippen LogP contribution in [-0.2, 0) is 0 Å². The lowest BCUT2D eigenvalue weighted by molar-refractivity contribution is 0.466. The maximum absolute atomic E-state index is 8.40. The summed E-state index contributed by atoms with van der Waals surface area (Å²) in [5.74, 6) is 1.82. The van der Waals surface area contributed by atoms with Gasteiger partial charge in [-0.25, -0.2) is 0 Å². The summed E-state index contributed by atoms with van der Waals surface area (Å²) in [7, 11) is 0. The van der Waals surface area contributed by atoms with Crippen LogP contribution in [0.2, 0.25) is 10.0 Å². The third-order valence-electron chi connectivity index (χ3n) is 1.99. The highest BCUT2D eigenvalue weighted by Gasteiger charge is 2.10.